The smallest absolute Gasteiger partial charge is 0.310 e. The molecular weight excluding hydrogens is 328 g/mol. The van der Waals surface area contributed by atoms with E-state index >= 15 is 0 Å². The van der Waals surface area contributed by atoms with Crippen molar-refractivity contribution < 1.29 is 19.8 Å². The van der Waals surface area contributed by atoms with Crippen LogP contribution in [0.5, 0.6) is 0 Å². The van der Waals surface area contributed by atoms with Crippen LogP contribution in [0.3, 0.4) is 0 Å². The Kier molecular flexibility index (Phi) is 8.94. The summed E-state index contributed by atoms with van der Waals surface area (Å²) in [6.07, 6.45) is 18.6. The maximum atomic E-state index is 11.9. The molecular formula is C22H38O4. The van der Waals surface area contributed by atoms with Crippen LogP contribution in [0.4, 0.5) is 0 Å². The van der Waals surface area contributed by atoms with Gasteiger partial charge >= 0.3 is 11.9 Å². The second-order valence-electron chi connectivity index (χ2n) is 8.68. The Morgan fingerprint density at radius 1 is 0.654 bits per heavy atom. The van der Waals surface area contributed by atoms with Crippen LogP contribution in [-0.4, -0.2) is 22.2 Å². The van der Waals surface area contributed by atoms with Crippen LogP contribution >= 0.6 is 0 Å². The highest BCUT2D eigenvalue weighted by atomic mass is 16.4. The van der Waals surface area contributed by atoms with Gasteiger partial charge in [0.1, 0.15) is 0 Å². The quantitative estimate of drug-likeness (QED) is 0.308. The summed E-state index contributed by atoms with van der Waals surface area (Å²) in [5.41, 5.74) is -0.360. The van der Waals surface area contributed by atoms with Gasteiger partial charge in [0.15, 0.2) is 0 Å². The normalized spacial score (nSPS) is 17.4. The van der Waals surface area contributed by atoms with Crippen LogP contribution in [-0.2, 0) is 9.59 Å². The fraction of sp³-hybridized carbons (Fsp3) is 0.909. The SMILES string of the molecule is O=C(O)CCCCCCCCCCCCCC(C(=O)O)(C1CC1)C1CC1. The van der Waals surface area contributed by atoms with Crippen molar-refractivity contribution in [3.8, 4) is 0 Å². The number of aliphatic carboxylic acids is 2. The second kappa shape index (κ2) is 10.9. The van der Waals surface area contributed by atoms with E-state index < -0.39 is 11.9 Å². The van der Waals surface area contributed by atoms with E-state index in [-0.39, 0.29) is 5.41 Å². The molecule has 4 heteroatoms. The molecule has 4 nitrogen and oxygen atoms in total. The fourth-order valence-electron chi connectivity index (χ4n) is 4.68. The van der Waals surface area contributed by atoms with Crippen LogP contribution in [0.2, 0.25) is 0 Å². The van der Waals surface area contributed by atoms with Gasteiger partial charge in [0, 0.05) is 6.42 Å². The van der Waals surface area contributed by atoms with Gasteiger partial charge in [-0.2, -0.15) is 0 Å². The van der Waals surface area contributed by atoms with Gasteiger partial charge in [0.2, 0.25) is 0 Å². The molecule has 2 rings (SSSR count). The minimum atomic E-state index is -0.681. The molecule has 2 aliphatic rings. The Morgan fingerprint density at radius 3 is 1.38 bits per heavy atom. The second-order valence-corrected chi connectivity index (χ2v) is 8.68. The molecule has 0 aromatic rings. The highest BCUT2D eigenvalue weighted by Crippen LogP contribution is 2.60. The molecule has 0 aromatic carbocycles. The molecule has 0 aliphatic heterocycles. The first-order valence-corrected chi connectivity index (χ1v) is 11.0. The Hall–Kier alpha value is -1.06. The summed E-state index contributed by atoms with van der Waals surface area (Å²) in [4.78, 5) is 22.3. The molecule has 2 N–H and O–H groups in total. The van der Waals surface area contributed by atoms with E-state index in [4.69, 9.17) is 5.11 Å². The summed E-state index contributed by atoms with van der Waals surface area (Å²) in [6.45, 7) is 0. The van der Waals surface area contributed by atoms with Crippen molar-refractivity contribution in [3.63, 3.8) is 0 Å². The lowest BCUT2D eigenvalue weighted by Gasteiger charge is -2.29. The van der Waals surface area contributed by atoms with E-state index in [1.165, 1.54) is 44.9 Å². The summed E-state index contributed by atoms with van der Waals surface area (Å²) < 4.78 is 0. The summed E-state index contributed by atoms with van der Waals surface area (Å²) in [6, 6.07) is 0. The third-order valence-corrected chi connectivity index (χ3v) is 6.49. The Balaban J connectivity index is 1.42. The van der Waals surface area contributed by atoms with Crippen molar-refractivity contribution >= 4 is 11.9 Å². The number of carbonyl (C=O) groups is 2. The van der Waals surface area contributed by atoms with Crippen molar-refractivity contribution in [1.29, 1.82) is 0 Å². The predicted molar refractivity (Wildman–Crippen MR) is 103 cm³/mol. The van der Waals surface area contributed by atoms with E-state index in [1.807, 2.05) is 0 Å². The molecule has 0 unspecified atom stereocenters. The summed E-state index contributed by atoms with van der Waals surface area (Å²) in [5, 5.41) is 18.4. The van der Waals surface area contributed by atoms with Gasteiger partial charge in [-0.15, -0.1) is 0 Å². The topological polar surface area (TPSA) is 74.6 Å². The first-order valence-electron chi connectivity index (χ1n) is 11.0. The summed E-state index contributed by atoms with van der Waals surface area (Å²) in [5.74, 6) is -0.239. The number of carboxylic acid groups (broad SMARTS) is 2. The summed E-state index contributed by atoms with van der Waals surface area (Å²) >= 11 is 0. The van der Waals surface area contributed by atoms with Crippen LogP contribution in [0.1, 0.15) is 109 Å². The van der Waals surface area contributed by atoms with Crippen molar-refractivity contribution in [2.45, 2.75) is 109 Å². The largest absolute Gasteiger partial charge is 0.481 e. The minimum absolute atomic E-state index is 0.310. The van der Waals surface area contributed by atoms with Gasteiger partial charge in [-0.3, -0.25) is 9.59 Å². The molecule has 0 heterocycles. The Bertz CT molecular complexity index is 425. The molecule has 0 radical (unpaired) electrons. The third kappa shape index (κ3) is 6.92. The molecule has 0 amide bonds. The fourth-order valence-corrected chi connectivity index (χ4v) is 4.68. The lowest BCUT2D eigenvalue weighted by atomic mass is 9.73. The van der Waals surface area contributed by atoms with Crippen LogP contribution in [0.25, 0.3) is 0 Å². The molecule has 150 valence electrons. The van der Waals surface area contributed by atoms with Crippen molar-refractivity contribution in [2.24, 2.45) is 17.3 Å². The number of rotatable bonds is 17. The molecule has 0 spiro atoms. The number of unbranched alkanes of at least 4 members (excludes halogenated alkanes) is 10. The number of carboxylic acids is 2. The van der Waals surface area contributed by atoms with Gasteiger partial charge in [0.25, 0.3) is 0 Å². The highest BCUT2D eigenvalue weighted by Gasteiger charge is 2.58. The van der Waals surface area contributed by atoms with Gasteiger partial charge in [-0.25, -0.2) is 0 Å². The van der Waals surface area contributed by atoms with E-state index in [9.17, 15) is 14.7 Å². The molecule has 2 aliphatic carbocycles. The average Bonchev–Trinajstić information content (AvgIpc) is 3.47. The average molecular weight is 367 g/mol. The molecule has 26 heavy (non-hydrogen) atoms. The lowest BCUT2D eigenvalue weighted by Crippen LogP contribution is -2.35. The zero-order valence-corrected chi connectivity index (χ0v) is 16.4. The molecule has 2 saturated carbocycles. The van der Waals surface area contributed by atoms with Gasteiger partial charge in [-0.05, 0) is 50.4 Å². The van der Waals surface area contributed by atoms with Crippen molar-refractivity contribution in [1.82, 2.24) is 0 Å². The third-order valence-electron chi connectivity index (χ3n) is 6.49. The number of hydrogen-bond donors (Lipinski definition) is 2. The maximum absolute atomic E-state index is 11.9. The molecule has 0 atom stereocenters. The predicted octanol–water partition coefficient (Wildman–Crippen LogP) is 6.03. The van der Waals surface area contributed by atoms with Crippen LogP contribution in [0.15, 0.2) is 0 Å². The molecule has 0 saturated heterocycles. The number of hydrogen-bond acceptors (Lipinski definition) is 2. The van der Waals surface area contributed by atoms with E-state index in [1.54, 1.807) is 0 Å². The highest BCUT2D eigenvalue weighted by molar-refractivity contribution is 5.76. The molecule has 0 bridgehead atoms. The minimum Gasteiger partial charge on any atom is -0.481 e. The standard InChI is InChI=1S/C22H38O4/c23-20(24)12-10-8-6-4-2-1-3-5-7-9-11-17-22(21(25)26,18-13-14-18)19-15-16-19/h18-19H,1-17H2,(H,23,24)(H,25,26). The first kappa shape index (κ1) is 21.2. The molecule has 0 aromatic heterocycles. The maximum Gasteiger partial charge on any atom is 0.310 e. The summed E-state index contributed by atoms with van der Waals surface area (Å²) in [7, 11) is 0. The van der Waals surface area contributed by atoms with Crippen LogP contribution < -0.4 is 0 Å². The van der Waals surface area contributed by atoms with Crippen molar-refractivity contribution in [3.05, 3.63) is 0 Å². The monoisotopic (exact) mass is 366 g/mol. The van der Waals surface area contributed by atoms with Gasteiger partial charge in [-0.1, -0.05) is 64.2 Å². The zero-order chi connectivity index (χ0) is 18.8. The molecule has 2 fully saturated rings. The Labute approximate surface area is 158 Å². The van der Waals surface area contributed by atoms with Crippen LogP contribution in [0, 0.1) is 17.3 Å². The van der Waals surface area contributed by atoms with E-state index in [0.717, 1.165) is 57.8 Å². The van der Waals surface area contributed by atoms with Gasteiger partial charge in [0.05, 0.1) is 5.41 Å². The zero-order valence-electron chi connectivity index (χ0n) is 16.4. The van der Waals surface area contributed by atoms with E-state index in [2.05, 4.69) is 0 Å². The van der Waals surface area contributed by atoms with E-state index in [0.29, 0.717) is 18.3 Å². The Morgan fingerprint density at radius 2 is 1.04 bits per heavy atom. The van der Waals surface area contributed by atoms with Gasteiger partial charge < -0.3 is 10.2 Å². The van der Waals surface area contributed by atoms with Crippen molar-refractivity contribution in [2.75, 3.05) is 0 Å². The first-order chi connectivity index (χ1) is 12.6. The lowest BCUT2D eigenvalue weighted by molar-refractivity contribution is -0.153.